The zero-order valence-corrected chi connectivity index (χ0v) is 20.3. The number of halogens is 1. The van der Waals surface area contributed by atoms with Gasteiger partial charge < -0.3 is 9.47 Å². The van der Waals surface area contributed by atoms with E-state index in [2.05, 4.69) is 6.92 Å². The van der Waals surface area contributed by atoms with Crippen LogP contribution in [0.1, 0.15) is 74.7 Å². The van der Waals surface area contributed by atoms with Gasteiger partial charge in [0.15, 0.2) is 0 Å². The van der Waals surface area contributed by atoms with Crippen molar-refractivity contribution in [3.05, 3.63) is 83.7 Å². The van der Waals surface area contributed by atoms with Gasteiger partial charge >= 0.3 is 5.97 Å². The van der Waals surface area contributed by atoms with E-state index in [0.717, 1.165) is 29.9 Å². The molecule has 3 aromatic carbocycles. The van der Waals surface area contributed by atoms with Crippen molar-refractivity contribution in [1.29, 1.82) is 0 Å². The molecule has 0 fully saturated rings. The highest BCUT2D eigenvalue weighted by Crippen LogP contribution is 2.24. The number of benzene rings is 3. The fourth-order valence-corrected chi connectivity index (χ4v) is 3.84. The molecule has 0 N–H and O–H groups in total. The van der Waals surface area contributed by atoms with Gasteiger partial charge in [0, 0.05) is 6.07 Å². The maximum Gasteiger partial charge on any atom is 0.343 e. The lowest BCUT2D eigenvalue weighted by Gasteiger charge is -2.09. The number of esters is 1. The lowest BCUT2D eigenvalue weighted by molar-refractivity contribution is 0.0734. The summed E-state index contributed by atoms with van der Waals surface area (Å²) < 4.78 is 25.1. The first-order valence-electron chi connectivity index (χ1n) is 12.4. The zero-order valence-electron chi connectivity index (χ0n) is 20.3. The Morgan fingerprint density at radius 3 is 1.94 bits per heavy atom. The van der Waals surface area contributed by atoms with Crippen molar-refractivity contribution in [2.45, 2.75) is 65.2 Å². The molecule has 0 bridgehead atoms. The molecule has 0 saturated heterocycles. The van der Waals surface area contributed by atoms with Crippen LogP contribution in [0.25, 0.3) is 11.1 Å². The van der Waals surface area contributed by atoms with Crippen molar-refractivity contribution in [1.82, 2.24) is 0 Å². The Kier molecular flexibility index (Phi) is 10.1. The predicted molar refractivity (Wildman–Crippen MR) is 136 cm³/mol. The van der Waals surface area contributed by atoms with E-state index >= 15 is 0 Å². The average Bonchev–Trinajstić information content (AvgIpc) is 2.86. The van der Waals surface area contributed by atoms with Crippen LogP contribution in [0.2, 0.25) is 0 Å². The number of carbonyl (C=O) groups is 1. The van der Waals surface area contributed by atoms with E-state index in [-0.39, 0.29) is 11.6 Å². The fraction of sp³-hybridized carbons (Fsp3) is 0.367. The SMILES string of the molecule is CCCCCCCCCOc1ccc(-c2ccc(C(=O)Oc3ccc(CC)c(F)c3)cc2)cc1. The maximum absolute atomic E-state index is 13.9. The zero-order chi connectivity index (χ0) is 24.2. The summed E-state index contributed by atoms with van der Waals surface area (Å²) in [5, 5.41) is 0. The third-order valence-electron chi connectivity index (χ3n) is 5.94. The first-order valence-corrected chi connectivity index (χ1v) is 12.4. The molecule has 0 aromatic heterocycles. The summed E-state index contributed by atoms with van der Waals surface area (Å²) in [5.74, 6) is 0.203. The van der Waals surface area contributed by atoms with Crippen LogP contribution in [0.5, 0.6) is 11.5 Å². The summed E-state index contributed by atoms with van der Waals surface area (Å²) >= 11 is 0. The molecule has 0 radical (unpaired) electrons. The van der Waals surface area contributed by atoms with E-state index in [1.165, 1.54) is 44.6 Å². The van der Waals surface area contributed by atoms with Crippen LogP contribution in [0.4, 0.5) is 4.39 Å². The van der Waals surface area contributed by atoms with Crippen LogP contribution in [0, 0.1) is 5.82 Å². The van der Waals surface area contributed by atoms with Crippen LogP contribution < -0.4 is 9.47 Å². The van der Waals surface area contributed by atoms with Crippen molar-refractivity contribution in [2.24, 2.45) is 0 Å². The molecular formula is C30H35FO3. The minimum atomic E-state index is -0.510. The number of ether oxygens (including phenoxy) is 2. The van der Waals surface area contributed by atoms with Gasteiger partial charge in [-0.3, -0.25) is 0 Å². The van der Waals surface area contributed by atoms with Gasteiger partial charge in [0.2, 0.25) is 0 Å². The highest BCUT2D eigenvalue weighted by atomic mass is 19.1. The first-order chi connectivity index (χ1) is 16.6. The Bertz CT molecular complexity index is 1030. The highest BCUT2D eigenvalue weighted by Gasteiger charge is 2.11. The number of unbranched alkanes of at least 4 members (excludes halogenated alkanes) is 6. The Morgan fingerprint density at radius 2 is 1.32 bits per heavy atom. The highest BCUT2D eigenvalue weighted by molar-refractivity contribution is 5.91. The van der Waals surface area contributed by atoms with Gasteiger partial charge in [0.25, 0.3) is 0 Å². The summed E-state index contributed by atoms with van der Waals surface area (Å²) in [7, 11) is 0. The van der Waals surface area contributed by atoms with Gasteiger partial charge in [0.05, 0.1) is 12.2 Å². The van der Waals surface area contributed by atoms with Crippen molar-refractivity contribution in [3.8, 4) is 22.6 Å². The van der Waals surface area contributed by atoms with Crippen molar-refractivity contribution >= 4 is 5.97 Å². The maximum atomic E-state index is 13.9. The Morgan fingerprint density at radius 1 is 0.735 bits per heavy atom. The van der Waals surface area contributed by atoms with Crippen molar-refractivity contribution < 1.29 is 18.7 Å². The van der Waals surface area contributed by atoms with Gasteiger partial charge in [0.1, 0.15) is 17.3 Å². The standard InChI is InChI=1S/C30H35FO3/c1-3-5-6-7-8-9-10-21-33-27-18-16-25(17-19-27)24-11-13-26(14-12-24)30(32)34-28-20-15-23(4-2)29(31)22-28/h11-20,22H,3-10,21H2,1-2H3. The quantitative estimate of drug-likeness (QED) is 0.145. The van der Waals surface area contributed by atoms with Crippen LogP contribution in [0.15, 0.2) is 66.7 Å². The summed E-state index contributed by atoms with van der Waals surface area (Å²) in [6.07, 6.45) is 9.46. The van der Waals surface area contributed by atoms with Crippen LogP contribution >= 0.6 is 0 Å². The molecule has 180 valence electrons. The first kappa shape index (κ1) is 25.5. The average molecular weight is 463 g/mol. The topological polar surface area (TPSA) is 35.5 Å². The molecule has 0 aliphatic rings. The molecule has 3 nitrogen and oxygen atoms in total. The Hall–Kier alpha value is -3.14. The Balaban J connectivity index is 1.47. The number of hydrogen-bond acceptors (Lipinski definition) is 3. The van der Waals surface area contributed by atoms with E-state index in [9.17, 15) is 9.18 Å². The van der Waals surface area contributed by atoms with Gasteiger partial charge in [-0.05, 0) is 59.9 Å². The molecule has 0 heterocycles. The molecule has 0 saturated carbocycles. The minimum Gasteiger partial charge on any atom is -0.494 e. The second kappa shape index (κ2) is 13.5. The largest absolute Gasteiger partial charge is 0.494 e. The van der Waals surface area contributed by atoms with E-state index in [4.69, 9.17) is 9.47 Å². The fourth-order valence-electron chi connectivity index (χ4n) is 3.84. The van der Waals surface area contributed by atoms with Gasteiger partial charge in [-0.2, -0.15) is 0 Å². The lowest BCUT2D eigenvalue weighted by Crippen LogP contribution is -2.08. The van der Waals surface area contributed by atoms with Crippen molar-refractivity contribution in [2.75, 3.05) is 6.61 Å². The third-order valence-corrected chi connectivity index (χ3v) is 5.94. The van der Waals surface area contributed by atoms with Gasteiger partial charge in [-0.15, -0.1) is 0 Å². The van der Waals surface area contributed by atoms with Crippen molar-refractivity contribution in [3.63, 3.8) is 0 Å². The Labute approximate surface area is 202 Å². The molecule has 0 unspecified atom stereocenters. The molecule has 0 aliphatic heterocycles. The molecule has 34 heavy (non-hydrogen) atoms. The van der Waals surface area contributed by atoms with Gasteiger partial charge in [-0.25, -0.2) is 9.18 Å². The monoisotopic (exact) mass is 462 g/mol. The summed E-state index contributed by atoms with van der Waals surface area (Å²) in [6, 6.07) is 19.7. The molecule has 3 rings (SSSR count). The second-order valence-electron chi connectivity index (χ2n) is 8.57. The number of carbonyl (C=O) groups excluding carboxylic acids is 1. The minimum absolute atomic E-state index is 0.204. The van der Waals surface area contributed by atoms with E-state index in [1.807, 2.05) is 43.3 Å². The second-order valence-corrected chi connectivity index (χ2v) is 8.57. The van der Waals surface area contributed by atoms with Crippen LogP contribution in [-0.4, -0.2) is 12.6 Å². The van der Waals surface area contributed by atoms with Crippen LogP contribution in [0.3, 0.4) is 0 Å². The van der Waals surface area contributed by atoms with Gasteiger partial charge in [-0.1, -0.05) is 82.7 Å². The van der Waals surface area contributed by atoms with E-state index in [0.29, 0.717) is 17.5 Å². The summed E-state index contributed by atoms with van der Waals surface area (Å²) in [4.78, 5) is 12.4. The number of aryl methyl sites for hydroxylation is 1. The smallest absolute Gasteiger partial charge is 0.343 e. The molecule has 3 aromatic rings. The normalized spacial score (nSPS) is 10.8. The molecule has 0 aliphatic carbocycles. The summed E-state index contributed by atoms with van der Waals surface area (Å²) in [5.41, 5.74) is 3.05. The van der Waals surface area contributed by atoms with E-state index < -0.39 is 5.97 Å². The molecule has 0 spiro atoms. The molecular weight excluding hydrogens is 427 g/mol. The van der Waals surface area contributed by atoms with E-state index in [1.54, 1.807) is 24.3 Å². The number of rotatable bonds is 13. The summed E-state index contributed by atoms with van der Waals surface area (Å²) in [6.45, 7) is 4.86. The third kappa shape index (κ3) is 7.72. The predicted octanol–water partition coefficient (Wildman–Crippen LogP) is 8.40. The van der Waals surface area contributed by atoms with Crippen LogP contribution in [-0.2, 0) is 6.42 Å². The molecule has 0 amide bonds. The molecule has 4 heteroatoms. The number of hydrogen-bond donors (Lipinski definition) is 0. The lowest BCUT2D eigenvalue weighted by atomic mass is 10.0. The molecule has 0 atom stereocenters.